The standard InChI is InChI=1S/C16H18ClFN2/c1-2-11-5-3-4-6-14(11)16(20-19)9-12-7-8-13(18)10-15(12)17/h3-8,10,16,20H,2,9,19H2,1H3. The molecule has 0 heterocycles. The van der Waals surface area contributed by atoms with Gasteiger partial charge in [-0.15, -0.1) is 0 Å². The third-order valence-corrected chi connectivity index (χ3v) is 3.80. The van der Waals surface area contributed by atoms with Crippen molar-refractivity contribution >= 4 is 11.6 Å². The van der Waals surface area contributed by atoms with E-state index in [-0.39, 0.29) is 11.9 Å². The van der Waals surface area contributed by atoms with Gasteiger partial charge in [-0.1, -0.05) is 48.9 Å². The van der Waals surface area contributed by atoms with Gasteiger partial charge in [0, 0.05) is 5.02 Å². The van der Waals surface area contributed by atoms with E-state index in [4.69, 9.17) is 17.4 Å². The van der Waals surface area contributed by atoms with E-state index >= 15 is 0 Å². The highest BCUT2D eigenvalue weighted by atomic mass is 35.5. The van der Waals surface area contributed by atoms with Crippen LogP contribution in [0, 0.1) is 5.82 Å². The van der Waals surface area contributed by atoms with Crippen LogP contribution in [0.1, 0.15) is 29.7 Å². The summed E-state index contributed by atoms with van der Waals surface area (Å²) in [4.78, 5) is 0. The first-order chi connectivity index (χ1) is 9.65. The Labute approximate surface area is 123 Å². The fraction of sp³-hybridized carbons (Fsp3) is 0.250. The summed E-state index contributed by atoms with van der Waals surface area (Å²) >= 11 is 6.08. The van der Waals surface area contributed by atoms with Gasteiger partial charge in [-0.3, -0.25) is 11.3 Å². The SMILES string of the molecule is CCc1ccccc1C(Cc1ccc(F)cc1Cl)NN. The summed E-state index contributed by atoms with van der Waals surface area (Å²) in [5, 5.41) is 0.430. The zero-order valence-corrected chi connectivity index (χ0v) is 12.1. The second-order valence-electron chi connectivity index (χ2n) is 4.71. The van der Waals surface area contributed by atoms with Crippen LogP contribution in [-0.2, 0) is 12.8 Å². The van der Waals surface area contributed by atoms with E-state index in [0.29, 0.717) is 11.4 Å². The van der Waals surface area contributed by atoms with Gasteiger partial charge in [0.25, 0.3) is 0 Å². The molecule has 0 bridgehead atoms. The zero-order valence-electron chi connectivity index (χ0n) is 11.4. The fourth-order valence-corrected chi connectivity index (χ4v) is 2.61. The molecule has 1 atom stereocenters. The summed E-state index contributed by atoms with van der Waals surface area (Å²) in [5.74, 6) is 5.36. The third kappa shape index (κ3) is 3.37. The number of nitrogens with two attached hydrogens (primary N) is 1. The van der Waals surface area contributed by atoms with E-state index in [2.05, 4.69) is 24.5 Å². The Morgan fingerprint density at radius 2 is 1.95 bits per heavy atom. The Bertz CT molecular complexity index is 586. The summed E-state index contributed by atoms with van der Waals surface area (Å²) in [5.41, 5.74) is 6.10. The first-order valence-electron chi connectivity index (χ1n) is 6.63. The van der Waals surface area contributed by atoms with Crippen LogP contribution in [0.2, 0.25) is 5.02 Å². The van der Waals surface area contributed by atoms with Gasteiger partial charge in [-0.2, -0.15) is 0 Å². The van der Waals surface area contributed by atoms with Gasteiger partial charge in [0.1, 0.15) is 5.82 Å². The molecule has 0 saturated heterocycles. The van der Waals surface area contributed by atoms with Crippen molar-refractivity contribution in [3.8, 4) is 0 Å². The Balaban J connectivity index is 2.29. The Hall–Kier alpha value is -1.42. The van der Waals surface area contributed by atoms with E-state index in [1.54, 1.807) is 6.07 Å². The van der Waals surface area contributed by atoms with Crippen LogP contribution in [0.4, 0.5) is 4.39 Å². The number of halogens is 2. The van der Waals surface area contributed by atoms with Crippen molar-refractivity contribution in [1.29, 1.82) is 0 Å². The normalized spacial score (nSPS) is 12.4. The van der Waals surface area contributed by atoms with Crippen molar-refractivity contribution in [3.05, 3.63) is 70.0 Å². The van der Waals surface area contributed by atoms with E-state index in [1.807, 2.05) is 12.1 Å². The predicted octanol–water partition coefficient (Wildman–Crippen LogP) is 3.79. The molecule has 2 aromatic rings. The van der Waals surface area contributed by atoms with Gasteiger partial charge < -0.3 is 0 Å². The Morgan fingerprint density at radius 1 is 1.20 bits per heavy atom. The minimum absolute atomic E-state index is 0.0471. The molecule has 20 heavy (non-hydrogen) atoms. The molecule has 0 saturated carbocycles. The molecule has 2 nitrogen and oxygen atoms in total. The van der Waals surface area contributed by atoms with Crippen molar-refractivity contribution in [2.45, 2.75) is 25.8 Å². The quantitative estimate of drug-likeness (QED) is 0.650. The number of hydrazine groups is 1. The van der Waals surface area contributed by atoms with Crippen molar-refractivity contribution in [1.82, 2.24) is 5.43 Å². The fourth-order valence-electron chi connectivity index (χ4n) is 2.36. The predicted molar refractivity (Wildman–Crippen MR) is 81.0 cm³/mol. The summed E-state index contributed by atoms with van der Waals surface area (Å²) < 4.78 is 13.1. The smallest absolute Gasteiger partial charge is 0.124 e. The van der Waals surface area contributed by atoms with Crippen LogP contribution in [0.3, 0.4) is 0 Å². The van der Waals surface area contributed by atoms with Crippen LogP contribution in [-0.4, -0.2) is 0 Å². The van der Waals surface area contributed by atoms with E-state index < -0.39 is 0 Å². The highest BCUT2D eigenvalue weighted by Gasteiger charge is 2.15. The summed E-state index contributed by atoms with van der Waals surface area (Å²) in [6.07, 6.45) is 1.55. The molecule has 0 aliphatic carbocycles. The minimum atomic E-state index is -0.329. The van der Waals surface area contributed by atoms with Gasteiger partial charge in [0.2, 0.25) is 0 Å². The highest BCUT2D eigenvalue weighted by molar-refractivity contribution is 6.31. The van der Waals surface area contributed by atoms with E-state index in [0.717, 1.165) is 17.5 Å². The van der Waals surface area contributed by atoms with Gasteiger partial charge in [-0.25, -0.2) is 4.39 Å². The summed E-state index contributed by atoms with van der Waals surface area (Å²) in [7, 11) is 0. The van der Waals surface area contributed by atoms with Crippen LogP contribution in [0.15, 0.2) is 42.5 Å². The molecule has 0 amide bonds. The molecular weight excluding hydrogens is 275 g/mol. The number of hydrogen-bond donors (Lipinski definition) is 2. The summed E-state index contributed by atoms with van der Waals surface area (Å²) in [6.45, 7) is 2.11. The molecule has 3 N–H and O–H groups in total. The molecular formula is C16H18ClFN2. The summed E-state index contributed by atoms with van der Waals surface area (Å²) in [6, 6.07) is 12.6. The molecule has 0 aliphatic heterocycles. The molecule has 0 aromatic heterocycles. The van der Waals surface area contributed by atoms with Gasteiger partial charge in [0.15, 0.2) is 0 Å². The maximum atomic E-state index is 13.1. The van der Waals surface area contributed by atoms with Crippen molar-refractivity contribution in [3.63, 3.8) is 0 Å². The molecule has 1 unspecified atom stereocenters. The molecule has 2 rings (SSSR count). The number of aryl methyl sites for hydroxylation is 1. The lowest BCUT2D eigenvalue weighted by Crippen LogP contribution is -2.30. The Morgan fingerprint density at radius 3 is 2.60 bits per heavy atom. The van der Waals surface area contributed by atoms with Crippen LogP contribution in [0.25, 0.3) is 0 Å². The maximum absolute atomic E-state index is 13.1. The number of benzene rings is 2. The lowest BCUT2D eigenvalue weighted by molar-refractivity contribution is 0.547. The van der Waals surface area contributed by atoms with E-state index in [9.17, 15) is 4.39 Å². The maximum Gasteiger partial charge on any atom is 0.124 e. The molecule has 4 heteroatoms. The highest BCUT2D eigenvalue weighted by Crippen LogP contribution is 2.26. The van der Waals surface area contributed by atoms with Crippen LogP contribution in [0.5, 0.6) is 0 Å². The zero-order chi connectivity index (χ0) is 14.5. The third-order valence-electron chi connectivity index (χ3n) is 3.45. The lowest BCUT2D eigenvalue weighted by Gasteiger charge is -2.20. The average molecular weight is 293 g/mol. The average Bonchev–Trinajstić information content (AvgIpc) is 2.46. The van der Waals surface area contributed by atoms with Crippen molar-refractivity contribution < 1.29 is 4.39 Å². The van der Waals surface area contributed by atoms with Crippen molar-refractivity contribution in [2.75, 3.05) is 0 Å². The second kappa shape index (κ2) is 6.84. The molecule has 0 aliphatic rings. The topological polar surface area (TPSA) is 38.0 Å². The number of nitrogens with one attached hydrogen (secondary N) is 1. The molecule has 2 aromatic carbocycles. The molecule has 0 radical (unpaired) electrons. The van der Waals surface area contributed by atoms with Crippen LogP contribution >= 0.6 is 11.6 Å². The first kappa shape index (κ1) is 15.0. The van der Waals surface area contributed by atoms with Crippen molar-refractivity contribution in [2.24, 2.45) is 5.84 Å². The molecule has 106 valence electrons. The van der Waals surface area contributed by atoms with E-state index in [1.165, 1.54) is 17.7 Å². The van der Waals surface area contributed by atoms with Crippen LogP contribution < -0.4 is 11.3 Å². The first-order valence-corrected chi connectivity index (χ1v) is 7.01. The molecule has 0 spiro atoms. The van der Waals surface area contributed by atoms with Gasteiger partial charge in [-0.05, 0) is 41.7 Å². The number of rotatable bonds is 5. The van der Waals surface area contributed by atoms with Gasteiger partial charge in [0.05, 0.1) is 6.04 Å². The number of hydrogen-bond acceptors (Lipinski definition) is 2. The monoisotopic (exact) mass is 292 g/mol. The Kier molecular flexibility index (Phi) is 5.12. The lowest BCUT2D eigenvalue weighted by atomic mass is 9.94. The largest absolute Gasteiger partial charge is 0.271 e. The second-order valence-corrected chi connectivity index (χ2v) is 5.12. The minimum Gasteiger partial charge on any atom is -0.271 e. The van der Waals surface area contributed by atoms with Gasteiger partial charge >= 0.3 is 0 Å². The molecule has 0 fully saturated rings.